The molecule has 0 fully saturated rings. The predicted octanol–water partition coefficient (Wildman–Crippen LogP) is 4.00. The Kier molecular flexibility index (Phi) is 7.03. The van der Waals surface area contributed by atoms with E-state index < -0.39 is 5.56 Å². The average molecular weight is 431 g/mol. The van der Waals surface area contributed by atoms with Crippen molar-refractivity contribution in [2.75, 3.05) is 12.0 Å². The highest BCUT2D eigenvalue weighted by Gasteiger charge is 2.09. The molecule has 7 nitrogen and oxygen atoms in total. The first-order valence-electron chi connectivity index (χ1n) is 9.13. The van der Waals surface area contributed by atoms with Gasteiger partial charge in [-0.3, -0.25) is 10.2 Å². The van der Waals surface area contributed by atoms with Crippen molar-refractivity contribution in [1.29, 1.82) is 0 Å². The van der Waals surface area contributed by atoms with Crippen LogP contribution in [0.3, 0.4) is 0 Å². The number of hydrogen-bond donors (Lipinski definition) is 1. The molecule has 0 aliphatic carbocycles. The van der Waals surface area contributed by atoms with Crippen LogP contribution in [0.2, 0.25) is 5.02 Å². The Bertz CT molecular complexity index is 1120. The summed E-state index contributed by atoms with van der Waals surface area (Å²) < 4.78 is 26.3. The quantitative estimate of drug-likeness (QED) is 0.432. The number of anilines is 1. The second-order valence-electron chi connectivity index (χ2n) is 6.19. The van der Waals surface area contributed by atoms with Crippen molar-refractivity contribution >= 4 is 23.5 Å². The molecule has 1 heterocycles. The van der Waals surface area contributed by atoms with Crippen molar-refractivity contribution in [1.82, 2.24) is 9.78 Å². The minimum Gasteiger partial charge on any atom is -0.490 e. The van der Waals surface area contributed by atoms with Crippen LogP contribution in [0.25, 0.3) is 0 Å². The van der Waals surface area contributed by atoms with Gasteiger partial charge in [0, 0.05) is 12.6 Å². The van der Waals surface area contributed by atoms with Crippen LogP contribution in [0.1, 0.15) is 18.1 Å². The smallest absolute Gasteiger partial charge is 0.287 e. The third-order valence-corrected chi connectivity index (χ3v) is 4.45. The van der Waals surface area contributed by atoms with E-state index in [2.05, 4.69) is 15.6 Å². The van der Waals surface area contributed by atoms with E-state index in [1.165, 1.54) is 25.5 Å². The van der Waals surface area contributed by atoms with E-state index in [0.29, 0.717) is 29.4 Å². The Morgan fingerprint density at radius 2 is 2.03 bits per heavy atom. The van der Waals surface area contributed by atoms with Crippen molar-refractivity contribution in [3.05, 3.63) is 81.0 Å². The van der Waals surface area contributed by atoms with Crippen molar-refractivity contribution in [2.24, 2.45) is 12.1 Å². The van der Waals surface area contributed by atoms with E-state index in [9.17, 15) is 9.18 Å². The summed E-state index contributed by atoms with van der Waals surface area (Å²) in [4.78, 5) is 11.8. The normalized spacial score (nSPS) is 10.9. The van der Waals surface area contributed by atoms with Crippen LogP contribution < -0.4 is 20.5 Å². The maximum absolute atomic E-state index is 13.8. The van der Waals surface area contributed by atoms with E-state index in [1.54, 1.807) is 36.4 Å². The molecule has 2 aromatic carbocycles. The SMILES string of the molecule is CCOc1cc(/C=N\Nc2cnn(C)c(=O)c2Cl)ccc1OCc1ccccc1F. The van der Waals surface area contributed by atoms with E-state index in [4.69, 9.17) is 21.1 Å². The Balaban J connectivity index is 1.73. The molecule has 30 heavy (non-hydrogen) atoms. The fourth-order valence-electron chi connectivity index (χ4n) is 2.53. The Labute approximate surface area is 177 Å². The number of benzene rings is 2. The summed E-state index contributed by atoms with van der Waals surface area (Å²) in [7, 11) is 1.51. The molecule has 0 atom stereocenters. The van der Waals surface area contributed by atoms with Gasteiger partial charge in [-0.25, -0.2) is 9.07 Å². The highest BCUT2D eigenvalue weighted by molar-refractivity contribution is 6.32. The third-order valence-electron chi connectivity index (χ3n) is 4.09. The van der Waals surface area contributed by atoms with Crippen LogP contribution in [-0.2, 0) is 13.7 Å². The van der Waals surface area contributed by atoms with E-state index >= 15 is 0 Å². The van der Waals surface area contributed by atoms with Crippen LogP contribution in [0.4, 0.5) is 10.1 Å². The number of aromatic nitrogens is 2. The molecular formula is C21H20ClFN4O3. The van der Waals surface area contributed by atoms with Crippen molar-refractivity contribution in [2.45, 2.75) is 13.5 Å². The molecule has 0 spiro atoms. The molecule has 1 aromatic heterocycles. The first-order chi connectivity index (χ1) is 14.5. The van der Waals surface area contributed by atoms with Crippen LogP contribution in [0, 0.1) is 5.82 Å². The van der Waals surface area contributed by atoms with E-state index in [-0.39, 0.29) is 17.4 Å². The van der Waals surface area contributed by atoms with Gasteiger partial charge in [0.2, 0.25) is 0 Å². The Morgan fingerprint density at radius 3 is 2.80 bits per heavy atom. The summed E-state index contributed by atoms with van der Waals surface area (Å²) in [6.45, 7) is 2.37. The van der Waals surface area contributed by atoms with Gasteiger partial charge in [-0.2, -0.15) is 10.2 Å². The zero-order valence-corrected chi connectivity index (χ0v) is 17.2. The number of halogens is 2. The Morgan fingerprint density at radius 1 is 1.23 bits per heavy atom. The van der Waals surface area contributed by atoms with Crippen molar-refractivity contribution in [3.63, 3.8) is 0 Å². The minimum absolute atomic E-state index is 0.00320. The number of hydrogen-bond acceptors (Lipinski definition) is 6. The lowest BCUT2D eigenvalue weighted by molar-refractivity contribution is 0.266. The maximum Gasteiger partial charge on any atom is 0.287 e. The van der Waals surface area contributed by atoms with Gasteiger partial charge in [0.1, 0.15) is 23.1 Å². The van der Waals surface area contributed by atoms with Gasteiger partial charge in [-0.1, -0.05) is 29.8 Å². The van der Waals surface area contributed by atoms with E-state index in [1.807, 2.05) is 6.92 Å². The molecule has 3 rings (SSSR count). The summed E-state index contributed by atoms with van der Waals surface area (Å²) in [5.74, 6) is 0.671. The van der Waals surface area contributed by atoms with Crippen molar-refractivity contribution < 1.29 is 13.9 Å². The standard InChI is InChI=1S/C21H20ClFN4O3/c1-3-29-19-10-14(11-24-26-17-12-25-27(2)21(28)20(17)22)8-9-18(19)30-13-15-6-4-5-7-16(15)23/h4-12,26H,3,13H2,1-2H3/b24-11-. The molecule has 156 valence electrons. The third kappa shape index (κ3) is 5.15. The van der Waals surface area contributed by atoms with Crippen LogP contribution >= 0.6 is 11.6 Å². The predicted molar refractivity (Wildman–Crippen MR) is 114 cm³/mol. The topological polar surface area (TPSA) is 77.7 Å². The zero-order chi connectivity index (χ0) is 21.5. The molecule has 9 heteroatoms. The lowest BCUT2D eigenvalue weighted by Crippen LogP contribution is -2.20. The van der Waals surface area contributed by atoms with Crippen LogP contribution in [-0.4, -0.2) is 22.6 Å². The van der Waals surface area contributed by atoms with Gasteiger partial charge < -0.3 is 9.47 Å². The van der Waals surface area contributed by atoms with Gasteiger partial charge in [0.05, 0.1) is 19.0 Å². The number of rotatable bonds is 8. The zero-order valence-electron chi connectivity index (χ0n) is 16.4. The average Bonchev–Trinajstić information content (AvgIpc) is 2.74. The van der Waals surface area contributed by atoms with Crippen LogP contribution in [0.5, 0.6) is 11.5 Å². The Hall–Kier alpha value is -3.39. The second-order valence-corrected chi connectivity index (χ2v) is 6.57. The fourth-order valence-corrected chi connectivity index (χ4v) is 2.74. The molecule has 0 aliphatic heterocycles. The molecule has 0 unspecified atom stereocenters. The summed E-state index contributed by atoms with van der Waals surface area (Å²) in [6, 6.07) is 11.7. The summed E-state index contributed by atoms with van der Waals surface area (Å²) in [6.07, 6.45) is 2.95. The van der Waals surface area contributed by atoms with Gasteiger partial charge in [-0.15, -0.1) is 0 Å². The van der Waals surface area contributed by atoms with Gasteiger partial charge >= 0.3 is 0 Å². The van der Waals surface area contributed by atoms with Gasteiger partial charge in [0.25, 0.3) is 5.56 Å². The second kappa shape index (κ2) is 9.89. The number of ether oxygens (including phenoxy) is 2. The highest BCUT2D eigenvalue weighted by Crippen LogP contribution is 2.29. The van der Waals surface area contributed by atoms with Gasteiger partial charge in [0.15, 0.2) is 11.5 Å². The first-order valence-corrected chi connectivity index (χ1v) is 9.51. The number of nitrogens with zero attached hydrogens (tertiary/aromatic N) is 3. The largest absolute Gasteiger partial charge is 0.490 e. The van der Waals surface area contributed by atoms with Crippen LogP contribution in [0.15, 0.2) is 58.6 Å². The molecule has 0 saturated carbocycles. The van der Waals surface area contributed by atoms with Gasteiger partial charge in [-0.05, 0) is 36.8 Å². The molecule has 3 aromatic rings. The lowest BCUT2D eigenvalue weighted by atomic mass is 10.2. The molecule has 1 N–H and O–H groups in total. The molecule has 0 amide bonds. The number of aryl methyl sites for hydroxylation is 1. The highest BCUT2D eigenvalue weighted by atomic mass is 35.5. The fraction of sp³-hybridized carbons (Fsp3) is 0.190. The monoisotopic (exact) mass is 430 g/mol. The van der Waals surface area contributed by atoms with Crippen molar-refractivity contribution in [3.8, 4) is 11.5 Å². The lowest BCUT2D eigenvalue weighted by Gasteiger charge is -2.13. The molecular weight excluding hydrogens is 411 g/mol. The molecule has 0 aliphatic rings. The molecule has 0 saturated heterocycles. The van der Waals surface area contributed by atoms with E-state index in [0.717, 1.165) is 10.2 Å². The maximum atomic E-state index is 13.8. The summed E-state index contributed by atoms with van der Waals surface area (Å²) in [5, 5.41) is 7.97. The number of hydrazone groups is 1. The minimum atomic E-state index is -0.424. The summed E-state index contributed by atoms with van der Waals surface area (Å²) in [5.41, 5.74) is 3.74. The number of nitrogens with one attached hydrogen (secondary N) is 1. The summed E-state index contributed by atoms with van der Waals surface area (Å²) >= 11 is 5.99. The first kappa shape index (κ1) is 21.3. The molecule has 0 radical (unpaired) electrons. The molecule has 0 bridgehead atoms.